The molecule has 0 radical (unpaired) electrons. The van der Waals surface area contributed by atoms with Gasteiger partial charge in [-0.3, -0.25) is 13.7 Å². The molecule has 39 heavy (non-hydrogen) atoms. The highest BCUT2D eigenvalue weighted by Gasteiger charge is 2.44. The zero-order valence-electron chi connectivity index (χ0n) is 20.6. The molecule has 0 amide bonds. The van der Waals surface area contributed by atoms with Crippen LogP contribution in [0.25, 0.3) is 0 Å². The molecule has 1 fully saturated rings. The van der Waals surface area contributed by atoms with Gasteiger partial charge in [-0.15, -0.1) is 0 Å². The lowest BCUT2D eigenvalue weighted by molar-refractivity contribution is -0.00882. The fraction of sp³-hybridized carbons (Fsp3) is 0.304. The van der Waals surface area contributed by atoms with Crippen LogP contribution in [0.3, 0.4) is 0 Å². The van der Waals surface area contributed by atoms with Gasteiger partial charge in [0.15, 0.2) is 9.84 Å². The fourth-order valence-corrected chi connectivity index (χ4v) is 5.43. The number of aliphatic hydroxyl groups excluding tert-OH is 2. The Balaban J connectivity index is 1.50. The summed E-state index contributed by atoms with van der Waals surface area (Å²) < 4.78 is 55.9. The zero-order chi connectivity index (χ0) is 28.4. The Morgan fingerprint density at radius 2 is 2.00 bits per heavy atom. The van der Waals surface area contributed by atoms with Gasteiger partial charge in [-0.25, -0.2) is 18.4 Å². The minimum absolute atomic E-state index is 0.0238. The summed E-state index contributed by atoms with van der Waals surface area (Å²) in [6.07, 6.45) is -0.263. The Kier molecular flexibility index (Phi) is 8.24. The van der Waals surface area contributed by atoms with E-state index < -0.39 is 50.3 Å². The first-order valence-corrected chi connectivity index (χ1v) is 14.5. The first-order valence-electron chi connectivity index (χ1n) is 11.5. The van der Waals surface area contributed by atoms with Gasteiger partial charge in [0.2, 0.25) is 5.78 Å². The number of carbonyl (C=O) groups is 1. The fourth-order valence-electron chi connectivity index (χ4n) is 4.04. The number of carbonyl (C=O) groups excluding carboxylic acids is 1. The van der Waals surface area contributed by atoms with Crippen molar-refractivity contribution in [3.8, 4) is 0 Å². The van der Waals surface area contributed by atoms with Crippen molar-refractivity contribution in [3.05, 3.63) is 77.9 Å². The average molecular weight is 579 g/mol. The van der Waals surface area contributed by atoms with Gasteiger partial charge in [0, 0.05) is 31.3 Å². The van der Waals surface area contributed by atoms with Crippen molar-refractivity contribution >= 4 is 31.7 Å². The highest BCUT2D eigenvalue weighted by atomic mass is 32.2. The molecule has 4 N–H and O–H groups in total. The number of nitrogens with zero attached hydrogens (tertiary/aromatic N) is 4. The Bertz CT molecular complexity index is 1590. The third-order valence-corrected chi connectivity index (χ3v) is 8.42. The van der Waals surface area contributed by atoms with E-state index in [4.69, 9.17) is 4.18 Å². The molecule has 0 saturated heterocycles. The van der Waals surface area contributed by atoms with E-state index in [-0.39, 0.29) is 34.9 Å². The monoisotopic (exact) mass is 578 g/mol. The zero-order valence-corrected chi connectivity index (χ0v) is 22.2. The molecule has 1 aromatic carbocycles. The van der Waals surface area contributed by atoms with Crippen molar-refractivity contribution in [1.29, 1.82) is 0 Å². The Hall–Kier alpha value is -3.54. The second-order valence-corrected chi connectivity index (χ2v) is 12.0. The third-order valence-electron chi connectivity index (χ3n) is 6.07. The SMILES string of the molecule is C=CS(=O)(=O)c1cccc(Cn2ccc(C(=O)c3cncnc3N[C@@H]3C[C@@H](OS(=O)(=O)NC)[C@H](O)[C@H]3O)n2)c1. The number of rotatable bonds is 11. The van der Waals surface area contributed by atoms with Crippen molar-refractivity contribution in [2.75, 3.05) is 12.4 Å². The third kappa shape index (κ3) is 6.38. The molecule has 4 atom stereocenters. The summed E-state index contributed by atoms with van der Waals surface area (Å²) in [6, 6.07) is 6.85. The molecular weight excluding hydrogens is 552 g/mol. The minimum Gasteiger partial charge on any atom is -0.388 e. The van der Waals surface area contributed by atoms with Crippen LogP contribution in [-0.2, 0) is 30.9 Å². The highest BCUT2D eigenvalue weighted by molar-refractivity contribution is 7.94. The maximum atomic E-state index is 13.3. The molecular formula is C23H26N6O8S2. The van der Waals surface area contributed by atoms with Crippen LogP contribution >= 0.6 is 0 Å². The summed E-state index contributed by atoms with van der Waals surface area (Å²) in [5.74, 6) is -0.501. The summed E-state index contributed by atoms with van der Waals surface area (Å²) in [5, 5.41) is 28.7. The van der Waals surface area contributed by atoms with Gasteiger partial charge >= 0.3 is 10.3 Å². The van der Waals surface area contributed by atoms with E-state index in [0.29, 0.717) is 5.56 Å². The van der Waals surface area contributed by atoms with Crippen LogP contribution in [0.15, 0.2) is 65.9 Å². The van der Waals surface area contributed by atoms with Crippen molar-refractivity contribution < 1.29 is 36.0 Å². The number of nitrogens with one attached hydrogen (secondary N) is 2. The van der Waals surface area contributed by atoms with E-state index in [1.807, 2.05) is 4.72 Å². The molecule has 0 spiro atoms. The van der Waals surface area contributed by atoms with Gasteiger partial charge in [0.1, 0.15) is 36.2 Å². The van der Waals surface area contributed by atoms with Gasteiger partial charge in [0.25, 0.3) is 0 Å². The first kappa shape index (κ1) is 28.5. The van der Waals surface area contributed by atoms with E-state index in [1.165, 1.54) is 35.4 Å². The predicted octanol–water partition coefficient (Wildman–Crippen LogP) is -0.375. The van der Waals surface area contributed by atoms with Crippen LogP contribution in [-0.4, -0.2) is 84.0 Å². The summed E-state index contributed by atoms with van der Waals surface area (Å²) in [7, 11) is -6.58. The van der Waals surface area contributed by atoms with Crippen LogP contribution in [0.1, 0.15) is 28.0 Å². The molecule has 16 heteroatoms. The first-order chi connectivity index (χ1) is 18.4. The quantitative estimate of drug-likeness (QED) is 0.215. The highest BCUT2D eigenvalue weighted by Crippen LogP contribution is 2.28. The molecule has 14 nitrogen and oxygen atoms in total. The number of hydrogen-bond donors (Lipinski definition) is 4. The van der Waals surface area contributed by atoms with Gasteiger partial charge in [0.05, 0.1) is 23.0 Å². The summed E-state index contributed by atoms with van der Waals surface area (Å²) in [4.78, 5) is 21.3. The van der Waals surface area contributed by atoms with Gasteiger partial charge < -0.3 is 15.5 Å². The lowest BCUT2D eigenvalue weighted by Crippen LogP contribution is -2.38. The summed E-state index contributed by atoms with van der Waals surface area (Å²) in [5.41, 5.74) is 0.711. The topological polar surface area (TPSA) is 203 Å². The molecule has 4 rings (SSSR count). The largest absolute Gasteiger partial charge is 0.388 e. The maximum Gasteiger partial charge on any atom is 0.335 e. The van der Waals surface area contributed by atoms with Gasteiger partial charge in [-0.1, -0.05) is 18.7 Å². The Labute approximate surface area is 224 Å². The maximum absolute atomic E-state index is 13.3. The molecule has 208 valence electrons. The second-order valence-electron chi connectivity index (χ2n) is 8.63. The molecule has 0 bridgehead atoms. The lowest BCUT2D eigenvalue weighted by atomic mass is 10.1. The molecule has 0 aliphatic heterocycles. The summed E-state index contributed by atoms with van der Waals surface area (Å²) >= 11 is 0. The van der Waals surface area contributed by atoms with E-state index in [2.05, 4.69) is 27.0 Å². The normalized spacial score (nSPS) is 21.5. The van der Waals surface area contributed by atoms with Crippen molar-refractivity contribution in [2.24, 2.45) is 0 Å². The van der Waals surface area contributed by atoms with Crippen LogP contribution in [0.4, 0.5) is 5.82 Å². The van der Waals surface area contributed by atoms with Crippen LogP contribution < -0.4 is 10.0 Å². The van der Waals surface area contributed by atoms with Crippen molar-refractivity contribution in [1.82, 2.24) is 24.5 Å². The smallest absolute Gasteiger partial charge is 0.335 e. The number of benzene rings is 1. The van der Waals surface area contributed by atoms with E-state index in [9.17, 15) is 31.8 Å². The van der Waals surface area contributed by atoms with Crippen molar-refractivity contribution in [3.63, 3.8) is 0 Å². The lowest BCUT2D eigenvalue weighted by Gasteiger charge is -2.19. The minimum atomic E-state index is -4.12. The Morgan fingerprint density at radius 3 is 2.72 bits per heavy atom. The molecule has 0 unspecified atom stereocenters. The van der Waals surface area contributed by atoms with Crippen LogP contribution in [0.5, 0.6) is 0 Å². The number of ketones is 1. The van der Waals surface area contributed by atoms with Crippen molar-refractivity contribution in [2.45, 2.75) is 42.2 Å². The molecule has 3 aromatic rings. The van der Waals surface area contributed by atoms with E-state index in [0.717, 1.165) is 12.5 Å². The molecule has 2 heterocycles. The Morgan fingerprint density at radius 1 is 1.23 bits per heavy atom. The molecule has 1 aliphatic rings. The number of sulfone groups is 1. The van der Waals surface area contributed by atoms with Crippen LogP contribution in [0, 0.1) is 0 Å². The van der Waals surface area contributed by atoms with Gasteiger partial charge in [-0.2, -0.15) is 18.2 Å². The van der Waals surface area contributed by atoms with E-state index in [1.54, 1.807) is 18.3 Å². The molecule has 2 aromatic heterocycles. The predicted molar refractivity (Wildman–Crippen MR) is 138 cm³/mol. The number of hydrogen-bond acceptors (Lipinski definition) is 12. The second kappa shape index (κ2) is 11.3. The average Bonchev–Trinajstić information content (AvgIpc) is 3.49. The molecule has 1 aliphatic carbocycles. The number of aliphatic hydroxyl groups is 2. The van der Waals surface area contributed by atoms with Crippen LogP contribution in [0.2, 0.25) is 0 Å². The number of aromatic nitrogens is 4. The summed E-state index contributed by atoms with van der Waals surface area (Å²) in [6.45, 7) is 3.51. The van der Waals surface area contributed by atoms with Gasteiger partial charge in [-0.05, 0) is 23.8 Å². The van der Waals surface area contributed by atoms with E-state index >= 15 is 0 Å². The standard InChI is InChI=1S/C23H26N6O8S2/c1-3-38(33,34)15-6-4-5-14(9-15)12-29-8-7-17(28-29)20(30)16-11-25-13-26-23(16)27-18-10-19(22(32)21(18)31)37-39(35,36)24-2/h3-9,11,13,18-19,21-22,24,31-32H,1,10,12H2,2H3,(H,25,26,27)/t18-,19-,21+,22+/m1/s1. The number of anilines is 1. The molecule has 1 saturated carbocycles.